The summed E-state index contributed by atoms with van der Waals surface area (Å²) in [6.45, 7) is 1.83. The van der Waals surface area contributed by atoms with Gasteiger partial charge in [-0.2, -0.15) is 0 Å². The van der Waals surface area contributed by atoms with Crippen LogP contribution in [0.25, 0.3) is 6.08 Å². The molecular formula is C20H16N2O6S. The Bertz CT molecular complexity index is 1100. The zero-order valence-electron chi connectivity index (χ0n) is 15.4. The number of nitro groups is 1. The molecular weight excluding hydrogens is 396 g/mol. The first kappa shape index (κ1) is 20.2. The number of methoxy groups -OCH3 is 1. The molecule has 1 heterocycles. The van der Waals surface area contributed by atoms with Crippen molar-refractivity contribution in [2.45, 2.75) is 6.92 Å². The first-order valence-electron chi connectivity index (χ1n) is 8.34. The lowest BCUT2D eigenvalue weighted by atomic mass is 10.1. The van der Waals surface area contributed by atoms with Crippen LogP contribution in [0.15, 0.2) is 63.7 Å². The molecule has 3 rings (SSSR count). The van der Waals surface area contributed by atoms with Gasteiger partial charge in [0.15, 0.2) is 0 Å². The zero-order chi connectivity index (χ0) is 21.1. The first-order valence-corrected chi connectivity index (χ1v) is 9.16. The minimum atomic E-state index is -0.796. The van der Waals surface area contributed by atoms with Gasteiger partial charge >= 0.3 is 5.97 Å². The van der Waals surface area contributed by atoms with Crippen molar-refractivity contribution in [1.29, 1.82) is 0 Å². The van der Waals surface area contributed by atoms with E-state index in [0.29, 0.717) is 5.56 Å². The third-order valence-corrected chi connectivity index (χ3v) is 5.04. The number of phenols is 1. The average molecular weight is 412 g/mol. The van der Waals surface area contributed by atoms with Crippen molar-refractivity contribution in [3.8, 4) is 5.75 Å². The number of carbonyl (C=O) groups excluding carboxylic acids is 1. The third-order valence-electron chi connectivity index (χ3n) is 4.02. The van der Waals surface area contributed by atoms with Gasteiger partial charge < -0.3 is 14.9 Å². The molecule has 0 unspecified atom stereocenters. The first-order chi connectivity index (χ1) is 13.8. The number of nitrogens with zero attached hydrogens (tertiary/aromatic N) is 2. The maximum absolute atomic E-state index is 12.2. The van der Waals surface area contributed by atoms with E-state index in [9.17, 15) is 25.1 Å². The van der Waals surface area contributed by atoms with Crippen LogP contribution in [-0.2, 0) is 9.53 Å². The summed E-state index contributed by atoms with van der Waals surface area (Å²) < 4.78 is 4.74. The number of aliphatic imine (C=N–C) groups is 1. The van der Waals surface area contributed by atoms with E-state index in [2.05, 4.69) is 4.99 Å². The zero-order valence-corrected chi connectivity index (χ0v) is 16.3. The molecule has 8 nitrogen and oxygen atoms in total. The van der Waals surface area contributed by atoms with Crippen LogP contribution in [0.4, 0.5) is 11.4 Å². The van der Waals surface area contributed by atoms with E-state index < -0.39 is 10.9 Å². The van der Waals surface area contributed by atoms with Gasteiger partial charge in [-0.15, -0.1) is 0 Å². The number of thioether (sulfide) groups is 1. The van der Waals surface area contributed by atoms with Gasteiger partial charge in [-0.05, 0) is 30.7 Å². The van der Waals surface area contributed by atoms with Crippen molar-refractivity contribution < 1.29 is 24.7 Å². The monoisotopic (exact) mass is 412 g/mol. The minimum Gasteiger partial charge on any atom is -0.507 e. The molecule has 29 heavy (non-hydrogen) atoms. The van der Waals surface area contributed by atoms with Crippen molar-refractivity contribution in [2.24, 2.45) is 4.99 Å². The molecule has 0 aliphatic carbocycles. The maximum Gasteiger partial charge on any atom is 0.344 e. The van der Waals surface area contributed by atoms with Crippen LogP contribution in [-0.4, -0.2) is 33.3 Å². The topological polar surface area (TPSA) is 122 Å². The molecule has 0 atom stereocenters. The van der Waals surface area contributed by atoms with Gasteiger partial charge in [-0.25, -0.2) is 9.79 Å². The number of aromatic hydroxyl groups is 1. The molecule has 1 aliphatic rings. The molecule has 0 saturated heterocycles. The Balaban J connectivity index is 2.07. The average Bonchev–Trinajstić information content (AvgIpc) is 2.98. The van der Waals surface area contributed by atoms with Gasteiger partial charge in [0.1, 0.15) is 22.1 Å². The normalized spacial score (nSPS) is 16.5. The second-order valence-electron chi connectivity index (χ2n) is 6.08. The van der Waals surface area contributed by atoms with Gasteiger partial charge in [-0.3, -0.25) is 10.1 Å². The fourth-order valence-electron chi connectivity index (χ4n) is 2.60. The number of rotatable bonds is 4. The number of benzene rings is 2. The third kappa shape index (κ3) is 4.30. The van der Waals surface area contributed by atoms with E-state index in [1.165, 1.54) is 31.4 Å². The summed E-state index contributed by atoms with van der Waals surface area (Å²) in [5, 5.41) is 31.8. The summed E-state index contributed by atoms with van der Waals surface area (Å²) in [7, 11) is 1.17. The Hall–Kier alpha value is -3.59. The Kier molecular flexibility index (Phi) is 5.69. The number of aryl methyl sites for hydroxylation is 1. The molecule has 9 heteroatoms. The number of hydrogen-bond donors (Lipinski definition) is 2. The number of esters is 1. The van der Waals surface area contributed by atoms with Crippen LogP contribution in [0.5, 0.6) is 5.75 Å². The fraction of sp³-hybridized carbons (Fsp3) is 0.100. The molecule has 0 aromatic heterocycles. The number of aliphatic hydroxyl groups is 1. The molecule has 0 spiro atoms. The predicted octanol–water partition coefficient (Wildman–Crippen LogP) is 4.41. The van der Waals surface area contributed by atoms with Crippen molar-refractivity contribution in [2.75, 3.05) is 7.11 Å². The van der Waals surface area contributed by atoms with E-state index in [4.69, 9.17) is 4.74 Å². The summed E-state index contributed by atoms with van der Waals surface area (Å²) >= 11 is 0.993. The molecule has 1 aliphatic heterocycles. The van der Waals surface area contributed by atoms with Crippen LogP contribution < -0.4 is 0 Å². The van der Waals surface area contributed by atoms with Crippen LogP contribution >= 0.6 is 11.8 Å². The van der Waals surface area contributed by atoms with Crippen LogP contribution in [0.3, 0.4) is 0 Å². The highest BCUT2D eigenvalue weighted by Gasteiger charge is 2.33. The largest absolute Gasteiger partial charge is 0.507 e. The smallest absolute Gasteiger partial charge is 0.344 e. The number of carbonyl (C=O) groups is 1. The molecule has 0 fully saturated rings. The Labute approximate surface area is 170 Å². The van der Waals surface area contributed by atoms with Crippen molar-refractivity contribution in [3.63, 3.8) is 0 Å². The molecule has 2 N–H and O–H groups in total. The Morgan fingerprint density at radius 3 is 2.66 bits per heavy atom. The van der Waals surface area contributed by atoms with Crippen LogP contribution in [0.2, 0.25) is 0 Å². The molecule has 0 saturated carbocycles. The van der Waals surface area contributed by atoms with E-state index >= 15 is 0 Å². The highest BCUT2D eigenvalue weighted by Crippen LogP contribution is 2.41. The Morgan fingerprint density at radius 1 is 1.24 bits per heavy atom. The van der Waals surface area contributed by atoms with E-state index in [-0.39, 0.29) is 38.4 Å². The van der Waals surface area contributed by atoms with Crippen molar-refractivity contribution in [1.82, 2.24) is 0 Å². The Morgan fingerprint density at radius 2 is 2.00 bits per heavy atom. The molecule has 0 amide bonds. The number of ether oxygens (including phenoxy) is 1. The lowest BCUT2D eigenvalue weighted by molar-refractivity contribution is -0.384. The highest BCUT2D eigenvalue weighted by atomic mass is 32.2. The summed E-state index contributed by atoms with van der Waals surface area (Å²) in [6, 6.07) is 10.6. The molecule has 148 valence electrons. The SMILES string of the molecule is COC(=O)C1=C(O)/C(=C\c2ccc(C)cc2O)SC1=Nc1cccc([N+](=O)[O-])c1. The molecule has 2 aromatic rings. The standard InChI is InChI=1S/C20H16N2O6S/c1-11-6-7-12(15(23)8-11)9-16-18(24)17(20(25)28-2)19(29-16)21-13-4-3-5-14(10-13)22(26)27/h3-10,23-24H,1-2H3/b16-9+,21-19?. The lowest BCUT2D eigenvalue weighted by Gasteiger charge is -2.02. The fourth-order valence-corrected chi connectivity index (χ4v) is 3.63. The predicted molar refractivity (Wildman–Crippen MR) is 110 cm³/mol. The summed E-state index contributed by atoms with van der Waals surface area (Å²) in [6.07, 6.45) is 1.52. The van der Waals surface area contributed by atoms with Crippen molar-refractivity contribution >= 4 is 40.2 Å². The minimum absolute atomic E-state index is 0.0228. The quantitative estimate of drug-likeness (QED) is 0.433. The van der Waals surface area contributed by atoms with E-state index in [1.54, 1.807) is 24.3 Å². The number of non-ortho nitro benzene ring substituents is 1. The van der Waals surface area contributed by atoms with E-state index in [0.717, 1.165) is 17.3 Å². The van der Waals surface area contributed by atoms with Gasteiger partial charge in [-0.1, -0.05) is 30.0 Å². The van der Waals surface area contributed by atoms with Crippen LogP contribution in [0, 0.1) is 17.0 Å². The second-order valence-corrected chi connectivity index (χ2v) is 7.11. The molecule has 0 radical (unpaired) electrons. The molecule has 0 bridgehead atoms. The van der Waals surface area contributed by atoms with Gasteiger partial charge in [0.25, 0.3) is 5.69 Å². The van der Waals surface area contributed by atoms with Gasteiger partial charge in [0.2, 0.25) is 0 Å². The number of aliphatic hydroxyl groups excluding tert-OH is 1. The van der Waals surface area contributed by atoms with E-state index in [1.807, 2.05) is 6.92 Å². The van der Waals surface area contributed by atoms with Crippen LogP contribution in [0.1, 0.15) is 11.1 Å². The van der Waals surface area contributed by atoms with Gasteiger partial charge in [0, 0.05) is 17.7 Å². The highest BCUT2D eigenvalue weighted by molar-refractivity contribution is 8.18. The summed E-state index contributed by atoms with van der Waals surface area (Å²) in [5.74, 6) is -1.11. The summed E-state index contributed by atoms with van der Waals surface area (Å²) in [5.41, 5.74) is 1.26. The second kappa shape index (κ2) is 8.19. The van der Waals surface area contributed by atoms with Gasteiger partial charge in [0.05, 0.1) is 22.6 Å². The summed E-state index contributed by atoms with van der Waals surface area (Å²) in [4.78, 5) is 27.2. The van der Waals surface area contributed by atoms with Crippen molar-refractivity contribution in [3.05, 3.63) is 79.9 Å². The number of phenolic OH excluding ortho intramolecular Hbond substituents is 1. The number of hydrogen-bond acceptors (Lipinski definition) is 8. The molecule has 2 aromatic carbocycles. The lowest BCUT2D eigenvalue weighted by Crippen LogP contribution is -2.10. The number of nitro benzene ring substituents is 1. The maximum atomic E-state index is 12.2.